The predicted molar refractivity (Wildman–Crippen MR) is 113 cm³/mol. The molecule has 0 atom stereocenters. The summed E-state index contributed by atoms with van der Waals surface area (Å²) < 4.78 is 25.5. The normalized spacial score (nSPS) is 11.1. The molecule has 0 saturated heterocycles. The van der Waals surface area contributed by atoms with Gasteiger partial charge in [0.15, 0.2) is 0 Å². The zero-order valence-electron chi connectivity index (χ0n) is 16.1. The summed E-state index contributed by atoms with van der Waals surface area (Å²) in [5.74, 6) is 0. The zero-order valence-corrected chi connectivity index (χ0v) is 16.9. The summed E-state index contributed by atoms with van der Waals surface area (Å²) in [6.45, 7) is 2.49. The smallest absolute Gasteiger partial charge is 0.319 e. The van der Waals surface area contributed by atoms with Gasteiger partial charge < -0.3 is 10.6 Å². The molecule has 0 bridgehead atoms. The van der Waals surface area contributed by atoms with E-state index in [1.807, 2.05) is 31.2 Å². The van der Waals surface area contributed by atoms with E-state index in [-0.39, 0.29) is 15.8 Å². The number of carbonyl (C=O) groups excluding carboxylic acids is 1. The van der Waals surface area contributed by atoms with Crippen LogP contribution in [0.5, 0.6) is 0 Å². The number of nitrogens with one attached hydrogen (secondary N) is 2. The minimum atomic E-state index is -3.59. The van der Waals surface area contributed by atoms with E-state index in [0.717, 1.165) is 17.5 Å². The van der Waals surface area contributed by atoms with Gasteiger partial charge in [0, 0.05) is 24.6 Å². The summed E-state index contributed by atoms with van der Waals surface area (Å²) in [7, 11) is -3.59. The Bertz CT molecular complexity index is 1050. The molecule has 3 rings (SSSR count). The third-order valence-electron chi connectivity index (χ3n) is 4.49. The molecule has 0 spiro atoms. The van der Waals surface area contributed by atoms with E-state index >= 15 is 0 Å². The van der Waals surface area contributed by atoms with Gasteiger partial charge in [0.2, 0.25) is 9.84 Å². The topological polar surface area (TPSA) is 88.2 Å². The average molecular weight is 410 g/mol. The molecule has 0 radical (unpaired) electrons. The number of hydrogen-bond donors (Lipinski definition) is 2. The van der Waals surface area contributed by atoms with Crippen molar-refractivity contribution in [2.24, 2.45) is 0 Å². The van der Waals surface area contributed by atoms with Crippen LogP contribution in [0.2, 0.25) is 0 Å². The third kappa shape index (κ3) is 5.42. The van der Waals surface area contributed by atoms with Gasteiger partial charge in [-0.15, -0.1) is 0 Å². The molecule has 7 heteroatoms. The fraction of sp³-hybridized carbons (Fsp3) is 0.182. The number of anilines is 1. The molecule has 0 unspecified atom stereocenters. The molecule has 6 nitrogen and oxygen atoms in total. The summed E-state index contributed by atoms with van der Waals surface area (Å²) in [5, 5.41) is 5.47. The quantitative estimate of drug-likeness (QED) is 0.621. The predicted octanol–water partition coefficient (Wildman–Crippen LogP) is 3.84. The van der Waals surface area contributed by atoms with Crippen LogP contribution in [0.4, 0.5) is 10.5 Å². The maximum atomic E-state index is 12.7. The summed E-state index contributed by atoms with van der Waals surface area (Å²) in [5.41, 5.74) is 2.64. The maximum absolute atomic E-state index is 12.7. The number of rotatable bonds is 7. The fourth-order valence-corrected chi connectivity index (χ4v) is 4.06. The van der Waals surface area contributed by atoms with Gasteiger partial charge in [0.05, 0.1) is 9.79 Å². The number of aryl methyl sites for hydroxylation is 1. The molecule has 2 N–H and O–H groups in total. The molecule has 2 amide bonds. The van der Waals surface area contributed by atoms with Crippen LogP contribution in [0.15, 0.2) is 82.8 Å². The molecular weight excluding hydrogens is 386 g/mol. The van der Waals surface area contributed by atoms with Gasteiger partial charge in [-0.2, -0.15) is 0 Å². The molecule has 0 aliphatic carbocycles. The lowest BCUT2D eigenvalue weighted by Crippen LogP contribution is -2.30. The first-order chi connectivity index (χ1) is 14.0. The summed E-state index contributed by atoms with van der Waals surface area (Å²) in [6.07, 6.45) is 4.99. The van der Waals surface area contributed by atoms with E-state index in [1.165, 1.54) is 12.1 Å². The molecule has 0 saturated carbocycles. The molecular formula is C22H23N3O3S. The number of aromatic nitrogens is 1. The van der Waals surface area contributed by atoms with Crippen LogP contribution in [0.25, 0.3) is 0 Å². The molecule has 3 aromatic rings. The minimum Gasteiger partial charge on any atom is -0.338 e. The lowest BCUT2D eigenvalue weighted by molar-refractivity contribution is 0.252. The van der Waals surface area contributed by atoms with E-state index in [9.17, 15) is 13.2 Å². The molecule has 0 aliphatic heterocycles. The van der Waals surface area contributed by atoms with Crippen molar-refractivity contribution in [1.29, 1.82) is 0 Å². The Labute approximate surface area is 170 Å². The third-order valence-corrected chi connectivity index (χ3v) is 6.27. The van der Waals surface area contributed by atoms with Gasteiger partial charge in [-0.1, -0.05) is 25.1 Å². The number of benzene rings is 2. The Balaban J connectivity index is 1.58. The first kappa shape index (κ1) is 20.5. The largest absolute Gasteiger partial charge is 0.338 e. The lowest BCUT2D eigenvalue weighted by Gasteiger charge is -2.09. The standard InChI is InChI=1S/C22H23N3O3S/c1-2-17-5-9-20(10-6-17)29(27,28)21-11-7-19(8-12-21)25-22(26)24-15-13-18-4-3-14-23-16-18/h3-12,14,16H,2,13,15H2,1H3,(H2,24,25,26). The van der Waals surface area contributed by atoms with Crippen molar-refractivity contribution < 1.29 is 13.2 Å². The first-order valence-electron chi connectivity index (χ1n) is 9.37. The SMILES string of the molecule is CCc1ccc(S(=O)(=O)c2ccc(NC(=O)NCCc3cccnc3)cc2)cc1. The molecule has 2 aromatic carbocycles. The number of carbonyl (C=O) groups is 1. The monoisotopic (exact) mass is 409 g/mol. The second-order valence-corrected chi connectivity index (χ2v) is 8.47. The van der Waals surface area contributed by atoms with Crippen LogP contribution in [0, 0.1) is 0 Å². The van der Waals surface area contributed by atoms with E-state index < -0.39 is 9.84 Å². The van der Waals surface area contributed by atoms with Crippen molar-refractivity contribution in [2.75, 3.05) is 11.9 Å². The van der Waals surface area contributed by atoms with Crippen molar-refractivity contribution in [1.82, 2.24) is 10.3 Å². The Kier molecular flexibility index (Phi) is 6.61. The second kappa shape index (κ2) is 9.34. The van der Waals surface area contributed by atoms with Crippen LogP contribution in [-0.2, 0) is 22.7 Å². The van der Waals surface area contributed by atoms with Crippen LogP contribution >= 0.6 is 0 Å². The van der Waals surface area contributed by atoms with Crippen molar-refractivity contribution in [3.8, 4) is 0 Å². The molecule has 1 heterocycles. The Morgan fingerprint density at radius 3 is 2.17 bits per heavy atom. The number of amides is 2. The van der Waals surface area contributed by atoms with Gasteiger partial charge in [-0.25, -0.2) is 13.2 Å². The minimum absolute atomic E-state index is 0.185. The highest BCUT2D eigenvalue weighted by molar-refractivity contribution is 7.91. The molecule has 0 aliphatic rings. The highest BCUT2D eigenvalue weighted by Gasteiger charge is 2.17. The molecule has 0 fully saturated rings. The van der Waals surface area contributed by atoms with Gasteiger partial charge in [-0.05, 0) is 66.4 Å². The summed E-state index contributed by atoms with van der Waals surface area (Å²) in [4.78, 5) is 16.5. The zero-order chi connectivity index (χ0) is 20.7. The highest BCUT2D eigenvalue weighted by Crippen LogP contribution is 2.22. The van der Waals surface area contributed by atoms with Crippen LogP contribution in [-0.4, -0.2) is 26.0 Å². The maximum Gasteiger partial charge on any atom is 0.319 e. The van der Waals surface area contributed by atoms with Gasteiger partial charge in [0.1, 0.15) is 0 Å². The van der Waals surface area contributed by atoms with Crippen LogP contribution in [0.3, 0.4) is 0 Å². The first-order valence-corrected chi connectivity index (χ1v) is 10.8. The second-order valence-electron chi connectivity index (χ2n) is 6.52. The summed E-state index contributed by atoms with van der Waals surface area (Å²) >= 11 is 0. The number of sulfone groups is 1. The van der Waals surface area contributed by atoms with Gasteiger partial charge >= 0.3 is 6.03 Å². The van der Waals surface area contributed by atoms with Gasteiger partial charge in [0.25, 0.3) is 0 Å². The van der Waals surface area contributed by atoms with E-state index in [4.69, 9.17) is 0 Å². The Morgan fingerprint density at radius 2 is 1.59 bits per heavy atom. The van der Waals surface area contributed by atoms with Crippen molar-refractivity contribution in [2.45, 2.75) is 29.6 Å². The number of nitrogens with zero attached hydrogens (tertiary/aromatic N) is 1. The summed E-state index contributed by atoms with van der Waals surface area (Å²) in [6, 6.07) is 16.5. The highest BCUT2D eigenvalue weighted by atomic mass is 32.2. The Morgan fingerprint density at radius 1 is 0.931 bits per heavy atom. The Hall–Kier alpha value is -3.19. The molecule has 29 heavy (non-hydrogen) atoms. The lowest BCUT2D eigenvalue weighted by atomic mass is 10.2. The van der Waals surface area contributed by atoms with E-state index in [2.05, 4.69) is 15.6 Å². The van der Waals surface area contributed by atoms with Crippen molar-refractivity contribution in [3.63, 3.8) is 0 Å². The van der Waals surface area contributed by atoms with Crippen LogP contribution in [0.1, 0.15) is 18.1 Å². The number of pyridine rings is 1. The average Bonchev–Trinajstić information content (AvgIpc) is 2.75. The fourth-order valence-electron chi connectivity index (χ4n) is 2.80. The molecule has 150 valence electrons. The van der Waals surface area contributed by atoms with E-state index in [0.29, 0.717) is 18.7 Å². The number of hydrogen-bond acceptors (Lipinski definition) is 4. The van der Waals surface area contributed by atoms with E-state index in [1.54, 1.807) is 36.7 Å². The molecule has 1 aromatic heterocycles. The number of urea groups is 1. The van der Waals surface area contributed by atoms with Gasteiger partial charge in [-0.3, -0.25) is 4.98 Å². The van der Waals surface area contributed by atoms with Crippen molar-refractivity contribution >= 4 is 21.6 Å². The van der Waals surface area contributed by atoms with Crippen LogP contribution < -0.4 is 10.6 Å². The van der Waals surface area contributed by atoms with Crippen molar-refractivity contribution in [3.05, 3.63) is 84.2 Å².